The summed E-state index contributed by atoms with van der Waals surface area (Å²) < 4.78 is 0. The van der Waals surface area contributed by atoms with Crippen LogP contribution in [0.4, 0.5) is 0 Å². The number of amides is 1. The number of carbonyl (C=O) groups excluding carboxylic acids is 1. The Hall–Kier alpha value is -1.07. The SMILES string of the molecule is CCSc1cc(C(=O)NCCCC(C)(C)CO)ccn1. The molecule has 112 valence electrons. The fourth-order valence-corrected chi connectivity index (χ4v) is 2.37. The minimum Gasteiger partial charge on any atom is -0.396 e. The predicted octanol–water partition coefficient (Wildman–Crippen LogP) is 2.72. The number of hydrogen-bond acceptors (Lipinski definition) is 4. The van der Waals surface area contributed by atoms with Gasteiger partial charge in [-0.15, -0.1) is 11.8 Å². The zero-order chi connectivity index (χ0) is 15.0. The third-order valence-electron chi connectivity index (χ3n) is 3.03. The Balaban J connectivity index is 2.41. The molecule has 0 aromatic carbocycles. The van der Waals surface area contributed by atoms with Crippen LogP contribution in [0.15, 0.2) is 23.4 Å². The van der Waals surface area contributed by atoms with Gasteiger partial charge >= 0.3 is 0 Å². The van der Waals surface area contributed by atoms with Crippen LogP contribution in [0.2, 0.25) is 0 Å². The lowest BCUT2D eigenvalue weighted by Gasteiger charge is -2.21. The maximum absolute atomic E-state index is 12.0. The largest absolute Gasteiger partial charge is 0.396 e. The van der Waals surface area contributed by atoms with Crippen LogP contribution in [0, 0.1) is 5.41 Å². The highest BCUT2D eigenvalue weighted by molar-refractivity contribution is 7.99. The topological polar surface area (TPSA) is 62.2 Å². The van der Waals surface area contributed by atoms with Crippen LogP contribution in [-0.4, -0.2) is 34.9 Å². The molecule has 2 N–H and O–H groups in total. The molecule has 1 rings (SSSR count). The zero-order valence-electron chi connectivity index (χ0n) is 12.5. The van der Waals surface area contributed by atoms with Crippen LogP contribution in [0.25, 0.3) is 0 Å². The third-order valence-corrected chi connectivity index (χ3v) is 3.84. The van der Waals surface area contributed by atoms with E-state index in [-0.39, 0.29) is 17.9 Å². The highest BCUT2D eigenvalue weighted by Gasteiger charge is 2.15. The van der Waals surface area contributed by atoms with Crippen LogP contribution in [0.5, 0.6) is 0 Å². The number of carbonyl (C=O) groups is 1. The lowest BCUT2D eigenvalue weighted by atomic mass is 9.89. The summed E-state index contributed by atoms with van der Waals surface area (Å²) >= 11 is 1.62. The Labute approximate surface area is 125 Å². The fourth-order valence-electron chi connectivity index (χ4n) is 1.73. The molecule has 1 aromatic heterocycles. The number of nitrogens with one attached hydrogen (secondary N) is 1. The molecule has 0 aliphatic rings. The van der Waals surface area contributed by atoms with E-state index in [0.717, 1.165) is 23.6 Å². The molecule has 0 aliphatic carbocycles. The molecule has 0 aliphatic heterocycles. The van der Waals surface area contributed by atoms with Crippen molar-refractivity contribution in [1.29, 1.82) is 0 Å². The Morgan fingerprint density at radius 3 is 2.90 bits per heavy atom. The van der Waals surface area contributed by atoms with Crippen molar-refractivity contribution in [2.24, 2.45) is 5.41 Å². The molecule has 1 heterocycles. The van der Waals surface area contributed by atoms with Gasteiger partial charge in [0.2, 0.25) is 0 Å². The first-order chi connectivity index (χ1) is 9.48. The first kappa shape index (κ1) is 17.0. The number of aliphatic hydroxyl groups excluding tert-OH is 1. The number of rotatable bonds is 8. The molecule has 0 saturated carbocycles. The predicted molar refractivity (Wildman–Crippen MR) is 83.1 cm³/mol. The second-order valence-electron chi connectivity index (χ2n) is 5.50. The van der Waals surface area contributed by atoms with Crippen molar-refractivity contribution < 1.29 is 9.90 Å². The van der Waals surface area contributed by atoms with E-state index in [2.05, 4.69) is 17.2 Å². The van der Waals surface area contributed by atoms with Gasteiger partial charge in [0.15, 0.2) is 0 Å². The van der Waals surface area contributed by atoms with Gasteiger partial charge in [-0.25, -0.2) is 4.98 Å². The molecule has 20 heavy (non-hydrogen) atoms. The lowest BCUT2D eigenvalue weighted by molar-refractivity contribution is 0.0948. The van der Waals surface area contributed by atoms with E-state index in [0.29, 0.717) is 12.1 Å². The van der Waals surface area contributed by atoms with Crippen molar-refractivity contribution in [2.75, 3.05) is 18.9 Å². The summed E-state index contributed by atoms with van der Waals surface area (Å²) in [5.74, 6) is 0.876. The molecule has 0 unspecified atom stereocenters. The van der Waals surface area contributed by atoms with Gasteiger partial charge in [-0.2, -0.15) is 0 Å². The molecule has 0 bridgehead atoms. The molecule has 0 fully saturated rings. The molecule has 1 amide bonds. The lowest BCUT2D eigenvalue weighted by Crippen LogP contribution is -2.26. The van der Waals surface area contributed by atoms with Gasteiger partial charge in [-0.05, 0) is 36.1 Å². The van der Waals surface area contributed by atoms with Gasteiger partial charge < -0.3 is 10.4 Å². The van der Waals surface area contributed by atoms with E-state index in [1.807, 2.05) is 19.9 Å². The van der Waals surface area contributed by atoms with Crippen molar-refractivity contribution in [3.63, 3.8) is 0 Å². The van der Waals surface area contributed by atoms with Gasteiger partial charge in [0.05, 0.1) is 5.03 Å². The average Bonchev–Trinajstić information content (AvgIpc) is 2.44. The highest BCUT2D eigenvalue weighted by Crippen LogP contribution is 2.20. The molecular weight excluding hydrogens is 272 g/mol. The highest BCUT2D eigenvalue weighted by atomic mass is 32.2. The molecule has 1 aromatic rings. The molecular formula is C15H24N2O2S. The normalized spacial score (nSPS) is 11.4. The molecule has 0 spiro atoms. The van der Waals surface area contributed by atoms with E-state index in [4.69, 9.17) is 5.11 Å². The zero-order valence-corrected chi connectivity index (χ0v) is 13.3. The number of pyridine rings is 1. The Bertz CT molecular complexity index is 436. The molecule has 5 heteroatoms. The van der Waals surface area contributed by atoms with E-state index >= 15 is 0 Å². The minimum atomic E-state index is -0.0771. The van der Waals surface area contributed by atoms with Gasteiger partial charge in [-0.3, -0.25) is 4.79 Å². The summed E-state index contributed by atoms with van der Waals surface area (Å²) in [6.45, 7) is 6.89. The summed E-state index contributed by atoms with van der Waals surface area (Å²) in [7, 11) is 0. The number of nitrogens with zero attached hydrogens (tertiary/aromatic N) is 1. The van der Waals surface area contributed by atoms with Gasteiger partial charge in [0.1, 0.15) is 0 Å². The quantitative estimate of drug-likeness (QED) is 0.572. The summed E-state index contributed by atoms with van der Waals surface area (Å²) in [4.78, 5) is 16.2. The number of aliphatic hydroxyl groups is 1. The molecule has 0 saturated heterocycles. The Kier molecular flexibility index (Phi) is 7.02. The minimum absolute atomic E-state index is 0.0628. The first-order valence-electron chi connectivity index (χ1n) is 6.96. The Morgan fingerprint density at radius 2 is 2.25 bits per heavy atom. The summed E-state index contributed by atoms with van der Waals surface area (Å²) in [5.41, 5.74) is 0.573. The summed E-state index contributed by atoms with van der Waals surface area (Å²) in [5, 5.41) is 12.9. The van der Waals surface area contributed by atoms with Gasteiger partial charge in [0, 0.05) is 24.9 Å². The smallest absolute Gasteiger partial charge is 0.251 e. The number of thioether (sulfide) groups is 1. The molecule has 0 atom stereocenters. The third kappa shape index (κ3) is 5.92. The number of hydrogen-bond donors (Lipinski definition) is 2. The second-order valence-corrected chi connectivity index (χ2v) is 6.78. The average molecular weight is 296 g/mol. The second kappa shape index (κ2) is 8.27. The van der Waals surface area contributed by atoms with Crippen molar-refractivity contribution in [3.8, 4) is 0 Å². The fraction of sp³-hybridized carbons (Fsp3) is 0.600. The van der Waals surface area contributed by atoms with Crippen molar-refractivity contribution in [1.82, 2.24) is 10.3 Å². The van der Waals surface area contributed by atoms with Crippen LogP contribution >= 0.6 is 11.8 Å². The van der Waals surface area contributed by atoms with E-state index < -0.39 is 0 Å². The van der Waals surface area contributed by atoms with E-state index in [9.17, 15) is 4.79 Å². The summed E-state index contributed by atoms with van der Waals surface area (Å²) in [6, 6.07) is 3.55. The number of aromatic nitrogens is 1. The molecule has 4 nitrogen and oxygen atoms in total. The molecule has 0 radical (unpaired) electrons. The summed E-state index contributed by atoms with van der Waals surface area (Å²) in [6.07, 6.45) is 3.42. The standard InChI is InChI=1S/C15H24N2O2S/c1-4-20-13-10-12(6-9-16-13)14(19)17-8-5-7-15(2,3)11-18/h6,9-10,18H,4-5,7-8,11H2,1-3H3,(H,17,19). The first-order valence-corrected chi connectivity index (χ1v) is 7.95. The van der Waals surface area contributed by atoms with Crippen LogP contribution in [0.1, 0.15) is 44.0 Å². The van der Waals surface area contributed by atoms with Crippen LogP contribution < -0.4 is 5.32 Å². The van der Waals surface area contributed by atoms with E-state index in [1.54, 1.807) is 24.0 Å². The van der Waals surface area contributed by atoms with Crippen LogP contribution in [0.3, 0.4) is 0 Å². The van der Waals surface area contributed by atoms with Crippen LogP contribution in [-0.2, 0) is 0 Å². The monoisotopic (exact) mass is 296 g/mol. The maximum Gasteiger partial charge on any atom is 0.251 e. The van der Waals surface area contributed by atoms with Crippen molar-refractivity contribution >= 4 is 17.7 Å². The van der Waals surface area contributed by atoms with Crippen molar-refractivity contribution in [3.05, 3.63) is 23.9 Å². The maximum atomic E-state index is 12.0. The van der Waals surface area contributed by atoms with Gasteiger partial charge in [-0.1, -0.05) is 20.8 Å². The van der Waals surface area contributed by atoms with Crippen molar-refractivity contribution in [2.45, 2.75) is 38.6 Å². The Morgan fingerprint density at radius 1 is 1.50 bits per heavy atom. The van der Waals surface area contributed by atoms with E-state index in [1.165, 1.54) is 0 Å². The van der Waals surface area contributed by atoms with Gasteiger partial charge in [0.25, 0.3) is 5.91 Å².